The van der Waals surface area contributed by atoms with Crippen molar-refractivity contribution in [2.75, 3.05) is 0 Å². The van der Waals surface area contributed by atoms with Gasteiger partial charge in [0.25, 0.3) is 0 Å². The fraction of sp³-hybridized carbons (Fsp3) is 0.214. The number of nitrogens with zero attached hydrogens (tertiary/aromatic N) is 1. The molecular weight excluding hydrogens is 182 g/mol. The molecule has 0 saturated carbocycles. The van der Waals surface area contributed by atoms with Crippen molar-refractivity contribution in [3.63, 3.8) is 0 Å². The maximum absolute atomic E-state index is 4.28. The summed E-state index contributed by atoms with van der Waals surface area (Å²) in [5.41, 5.74) is 2.36. The molecule has 0 unspecified atom stereocenters. The van der Waals surface area contributed by atoms with Gasteiger partial charge in [0.1, 0.15) is 0 Å². The first-order chi connectivity index (χ1) is 7.31. The molecule has 2 rings (SSSR count). The molecule has 0 aliphatic rings. The Morgan fingerprint density at radius 3 is 2.93 bits per heavy atom. The number of allylic oxidation sites excluding steroid dienone is 1. The minimum absolute atomic E-state index is 1.08. The third-order valence-electron chi connectivity index (χ3n) is 2.53. The third kappa shape index (κ3) is 2.07. The molecular formula is C14H15N. The van der Waals surface area contributed by atoms with Gasteiger partial charge in [-0.25, -0.2) is 0 Å². The van der Waals surface area contributed by atoms with Crippen LogP contribution in [0.15, 0.2) is 36.5 Å². The van der Waals surface area contributed by atoms with Crippen LogP contribution in [0.3, 0.4) is 0 Å². The van der Waals surface area contributed by atoms with E-state index < -0.39 is 0 Å². The minimum atomic E-state index is 1.08. The summed E-state index contributed by atoms with van der Waals surface area (Å²) in [6.07, 6.45) is 7.28. The summed E-state index contributed by atoms with van der Waals surface area (Å²) < 4.78 is 0. The lowest BCUT2D eigenvalue weighted by Crippen LogP contribution is -1.83. The normalized spacial score (nSPS) is 11.3. The van der Waals surface area contributed by atoms with E-state index in [4.69, 9.17) is 0 Å². The lowest BCUT2D eigenvalue weighted by atomic mass is 10.1. The number of aromatic nitrogens is 1. The summed E-state index contributed by atoms with van der Waals surface area (Å²) in [5, 5.41) is 2.51. The summed E-state index contributed by atoms with van der Waals surface area (Å²) >= 11 is 0. The number of rotatable bonds is 2. The van der Waals surface area contributed by atoms with Crippen molar-refractivity contribution in [3.8, 4) is 0 Å². The Bertz CT molecular complexity index is 498. The molecule has 15 heavy (non-hydrogen) atoms. The first kappa shape index (κ1) is 9.91. The summed E-state index contributed by atoms with van der Waals surface area (Å²) in [7, 11) is 0. The van der Waals surface area contributed by atoms with Gasteiger partial charge in [0, 0.05) is 17.3 Å². The van der Waals surface area contributed by atoms with E-state index in [1.165, 1.54) is 16.3 Å². The molecule has 0 bridgehead atoms. The van der Waals surface area contributed by atoms with Crippen LogP contribution >= 0.6 is 0 Å². The molecule has 0 amide bonds. The highest BCUT2D eigenvalue weighted by Crippen LogP contribution is 2.18. The first-order valence-corrected chi connectivity index (χ1v) is 5.33. The zero-order valence-corrected chi connectivity index (χ0v) is 9.20. The number of fused-ring (bicyclic) bond motifs is 1. The molecule has 0 radical (unpaired) electrons. The number of hydrogen-bond donors (Lipinski definition) is 0. The second-order valence-electron chi connectivity index (χ2n) is 3.69. The molecule has 1 aromatic carbocycles. The van der Waals surface area contributed by atoms with Crippen molar-refractivity contribution in [1.29, 1.82) is 0 Å². The van der Waals surface area contributed by atoms with Crippen LogP contribution in [0, 0.1) is 6.92 Å². The van der Waals surface area contributed by atoms with Gasteiger partial charge in [0.15, 0.2) is 0 Å². The van der Waals surface area contributed by atoms with Gasteiger partial charge in [-0.05, 0) is 36.4 Å². The van der Waals surface area contributed by atoms with Crippen LogP contribution in [-0.4, -0.2) is 4.98 Å². The van der Waals surface area contributed by atoms with Crippen LogP contribution < -0.4 is 0 Å². The van der Waals surface area contributed by atoms with Gasteiger partial charge < -0.3 is 0 Å². The summed E-state index contributed by atoms with van der Waals surface area (Å²) in [6.45, 7) is 4.19. The Balaban J connectivity index is 2.52. The monoisotopic (exact) mass is 197 g/mol. The van der Waals surface area contributed by atoms with Gasteiger partial charge in [-0.1, -0.05) is 31.2 Å². The first-order valence-electron chi connectivity index (χ1n) is 5.33. The molecule has 0 aliphatic carbocycles. The Kier molecular flexibility index (Phi) is 2.82. The fourth-order valence-corrected chi connectivity index (χ4v) is 1.71. The van der Waals surface area contributed by atoms with Gasteiger partial charge >= 0.3 is 0 Å². The summed E-state index contributed by atoms with van der Waals surface area (Å²) in [4.78, 5) is 4.28. The fourth-order valence-electron chi connectivity index (χ4n) is 1.71. The average molecular weight is 197 g/mol. The molecule has 1 heterocycles. The molecule has 0 aliphatic heterocycles. The summed E-state index contributed by atoms with van der Waals surface area (Å²) in [5.74, 6) is 0. The van der Waals surface area contributed by atoms with E-state index in [0.717, 1.165) is 12.1 Å². The largest absolute Gasteiger partial charge is 0.261 e. The van der Waals surface area contributed by atoms with Crippen molar-refractivity contribution >= 4 is 16.8 Å². The van der Waals surface area contributed by atoms with Crippen molar-refractivity contribution < 1.29 is 0 Å². The van der Waals surface area contributed by atoms with E-state index in [1.807, 2.05) is 13.1 Å². The van der Waals surface area contributed by atoms with Crippen LogP contribution in [0.25, 0.3) is 16.8 Å². The molecule has 2 aromatic rings. The molecule has 1 nitrogen and oxygen atoms in total. The molecule has 1 heteroatoms. The second kappa shape index (κ2) is 4.26. The van der Waals surface area contributed by atoms with E-state index in [0.29, 0.717) is 0 Å². The lowest BCUT2D eigenvalue weighted by Gasteiger charge is -2.01. The smallest absolute Gasteiger partial charge is 0.0450 e. The van der Waals surface area contributed by atoms with Gasteiger partial charge in [-0.3, -0.25) is 4.98 Å². The lowest BCUT2D eigenvalue weighted by molar-refractivity contribution is 1.23. The molecule has 0 fully saturated rings. The maximum Gasteiger partial charge on any atom is 0.0450 e. The highest BCUT2D eigenvalue weighted by molar-refractivity contribution is 5.86. The minimum Gasteiger partial charge on any atom is -0.261 e. The Labute approximate surface area is 90.5 Å². The number of pyridine rings is 1. The molecule has 0 spiro atoms. The molecule has 1 aromatic heterocycles. The predicted molar refractivity (Wildman–Crippen MR) is 65.8 cm³/mol. The van der Waals surface area contributed by atoms with Crippen molar-refractivity contribution in [2.24, 2.45) is 0 Å². The van der Waals surface area contributed by atoms with Crippen LogP contribution in [0.1, 0.15) is 24.6 Å². The average Bonchev–Trinajstić information content (AvgIpc) is 2.26. The highest BCUT2D eigenvalue weighted by atomic mass is 14.7. The number of aryl methyl sites for hydroxylation is 1. The number of hydrogen-bond acceptors (Lipinski definition) is 1. The Hall–Kier alpha value is -1.63. The van der Waals surface area contributed by atoms with Gasteiger partial charge in [0.2, 0.25) is 0 Å². The van der Waals surface area contributed by atoms with Crippen molar-refractivity contribution in [3.05, 3.63) is 47.8 Å². The SMILES string of the molecule is CC/C=C\c1ccc2c(C)nccc2c1. The highest BCUT2D eigenvalue weighted by Gasteiger charge is 1.97. The van der Waals surface area contributed by atoms with E-state index in [2.05, 4.69) is 48.3 Å². The molecule has 0 N–H and O–H groups in total. The van der Waals surface area contributed by atoms with E-state index in [9.17, 15) is 0 Å². The quantitative estimate of drug-likeness (QED) is 0.710. The van der Waals surface area contributed by atoms with Crippen molar-refractivity contribution in [2.45, 2.75) is 20.3 Å². The molecule has 0 saturated heterocycles. The van der Waals surface area contributed by atoms with E-state index in [-0.39, 0.29) is 0 Å². The van der Waals surface area contributed by atoms with Crippen LogP contribution in [-0.2, 0) is 0 Å². The maximum atomic E-state index is 4.28. The zero-order valence-electron chi connectivity index (χ0n) is 9.20. The molecule has 76 valence electrons. The van der Waals surface area contributed by atoms with E-state index >= 15 is 0 Å². The zero-order chi connectivity index (χ0) is 10.7. The predicted octanol–water partition coefficient (Wildman–Crippen LogP) is 3.97. The standard InChI is InChI=1S/C14H15N/c1-3-4-5-12-6-7-14-11(2)15-9-8-13(14)10-12/h4-10H,3H2,1-2H3/b5-4-. The van der Waals surface area contributed by atoms with Crippen molar-refractivity contribution in [1.82, 2.24) is 4.98 Å². The second-order valence-corrected chi connectivity index (χ2v) is 3.69. The molecule has 0 atom stereocenters. The summed E-state index contributed by atoms with van der Waals surface area (Å²) in [6, 6.07) is 8.55. The van der Waals surface area contributed by atoms with Crippen LogP contribution in [0.4, 0.5) is 0 Å². The van der Waals surface area contributed by atoms with Gasteiger partial charge in [-0.2, -0.15) is 0 Å². The van der Waals surface area contributed by atoms with E-state index in [1.54, 1.807) is 0 Å². The third-order valence-corrected chi connectivity index (χ3v) is 2.53. The Morgan fingerprint density at radius 1 is 1.27 bits per heavy atom. The van der Waals surface area contributed by atoms with Gasteiger partial charge in [-0.15, -0.1) is 0 Å². The van der Waals surface area contributed by atoms with Gasteiger partial charge in [0.05, 0.1) is 0 Å². The Morgan fingerprint density at radius 2 is 2.13 bits per heavy atom. The number of benzene rings is 1. The van der Waals surface area contributed by atoms with Crippen LogP contribution in [0.2, 0.25) is 0 Å². The van der Waals surface area contributed by atoms with Crippen LogP contribution in [0.5, 0.6) is 0 Å². The topological polar surface area (TPSA) is 12.9 Å².